The van der Waals surface area contributed by atoms with Crippen LogP contribution in [0, 0.1) is 5.92 Å². The molecule has 0 nitrogen and oxygen atoms in total. The molecule has 1 atom stereocenters. The molecule has 0 aromatic rings. The highest BCUT2D eigenvalue weighted by atomic mass is 35.5. The van der Waals surface area contributed by atoms with Gasteiger partial charge < -0.3 is 0 Å². The standard InChI is InChI=1S/C9H12ClF/c1-6(2)8-5-7(10)3-4-9(8)11/h4-7H,3H2,1-2H3. The van der Waals surface area contributed by atoms with E-state index in [1.165, 1.54) is 0 Å². The van der Waals surface area contributed by atoms with Crippen LogP contribution in [-0.2, 0) is 0 Å². The van der Waals surface area contributed by atoms with Crippen LogP contribution in [0.25, 0.3) is 0 Å². The zero-order valence-corrected chi connectivity index (χ0v) is 7.53. The second-order valence-corrected chi connectivity index (χ2v) is 3.64. The van der Waals surface area contributed by atoms with Gasteiger partial charge in [-0.25, -0.2) is 4.39 Å². The molecule has 0 radical (unpaired) electrons. The average Bonchev–Trinajstić information content (AvgIpc) is 1.94. The van der Waals surface area contributed by atoms with Gasteiger partial charge in [-0.15, -0.1) is 11.6 Å². The maximum absolute atomic E-state index is 13.0. The van der Waals surface area contributed by atoms with Gasteiger partial charge in [-0.05, 0) is 24.0 Å². The van der Waals surface area contributed by atoms with E-state index in [0.29, 0.717) is 6.42 Å². The summed E-state index contributed by atoms with van der Waals surface area (Å²) >= 11 is 5.83. The predicted molar refractivity (Wildman–Crippen MR) is 46.4 cm³/mol. The second kappa shape index (κ2) is 3.40. The van der Waals surface area contributed by atoms with Crippen LogP contribution < -0.4 is 0 Å². The molecule has 11 heavy (non-hydrogen) atoms. The van der Waals surface area contributed by atoms with Crippen LogP contribution in [0.1, 0.15) is 20.3 Å². The van der Waals surface area contributed by atoms with Crippen molar-refractivity contribution in [3.8, 4) is 0 Å². The largest absolute Gasteiger partial charge is 0.207 e. The quantitative estimate of drug-likeness (QED) is 0.535. The molecule has 0 bridgehead atoms. The second-order valence-electron chi connectivity index (χ2n) is 3.08. The minimum Gasteiger partial charge on any atom is -0.207 e. The minimum absolute atomic E-state index is 0.0214. The van der Waals surface area contributed by atoms with Crippen molar-refractivity contribution in [2.75, 3.05) is 0 Å². The topological polar surface area (TPSA) is 0 Å². The summed E-state index contributed by atoms with van der Waals surface area (Å²) in [4.78, 5) is 0. The van der Waals surface area contributed by atoms with Gasteiger partial charge in [0.1, 0.15) is 5.83 Å². The van der Waals surface area contributed by atoms with Gasteiger partial charge in [0.15, 0.2) is 0 Å². The van der Waals surface area contributed by atoms with Gasteiger partial charge in [0.2, 0.25) is 0 Å². The van der Waals surface area contributed by atoms with Gasteiger partial charge in [0.05, 0.1) is 5.38 Å². The van der Waals surface area contributed by atoms with E-state index in [1.54, 1.807) is 6.08 Å². The lowest BCUT2D eigenvalue weighted by molar-refractivity contribution is 0.592. The van der Waals surface area contributed by atoms with E-state index in [1.807, 2.05) is 19.9 Å². The molecule has 0 saturated heterocycles. The molecule has 0 N–H and O–H groups in total. The number of hydrogen-bond donors (Lipinski definition) is 0. The summed E-state index contributed by atoms with van der Waals surface area (Å²) < 4.78 is 13.0. The van der Waals surface area contributed by atoms with Gasteiger partial charge in [0, 0.05) is 0 Å². The van der Waals surface area contributed by atoms with Crippen molar-refractivity contribution in [1.29, 1.82) is 0 Å². The monoisotopic (exact) mass is 174 g/mol. The Morgan fingerprint density at radius 2 is 2.27 bits per heavy atom. The Hall–Kier alpha value is -0.300. The Kier molecular flexibility index (Phi) is 2.72. The normalized spacial score (nSPS) is 25.0. The molecule has 1 aliphatic rings. The van der Waals surface area contributed by atoms with E-state index in [0.717, 1.165) is 5.57 Å². The Balaban J connectivity index is 2.81. The van der Waals surface area contributed by atoms with Crippen LogP contribution in [0.4, 0.5) is 4.39 Å². The smallest absolute Gasteiger partial charge is 0.122 e. The first-order valence-electron chi connectivity index (χ1n) is 3.83. The van der Waals surface area contributed by atoms with Crippen LogP contribution in [-0.4, -0.2) is 5.38 Å². The Labute approximate surface area is 71.7 Å². The summed E-state index contributed by atoms with van der Waals surface area (Å²) in [7, 11) is 0. The molecule has 62 valence electrons. The molecule has 0 spiro atoms. The Bertz CT molecular complexity index is 204. The molecule has 2 heteroatoms. The first kappa shape index (κ1) is 8.79. The number of rotatable bonds is 1. The lowest BCUT2D eigenvalue weighted by atomic mass is 9.96. The lowest BCUT2D eigenvalue weighted by Crippen LogP contribution is -2.05. The van der Waals surface area contributed by atoms with Gasteiger partial charge in [0.25, 0.3) is 0 Å². The van der Waals surface area contributed by atoms with Gasteiger partial charge in [-0.1, -0.05) is 19.9 Å². The lowest BCUT2D eigenvalue weighted by Gasteiger charge is -2.15. The highest BCUT2D eigenvalue weighted by Gasteiger charge is 2.15. The number of allylic oxidation sites excluding steroid dienone is 4. The average molecular weight is 175 g/mol. The molecule has 0 heterocycles. The van der Waals surface area contributed by atoms with Crippen LogP contribution in [0.2, 0.25) is 0 Å². The third-order valence-corrected chi connectivity index (χ3v) is 2.08. The molecule has 0 saturated carbocycles. The zero-order chi connectivity index (χ0) is 8.43. The van der Waals surface area contributed by atoms with E-state index in [-0.39, 0.29) is 17.1 Å². The highest BCUT2D eigenvalue weighted by Crippen LogP contribution is 2.28. The first-order chi connectivity index (χ1) is 5.11. The van der Waals surface area contributed by atoms with E-state index in [4.69, 9.17) is 11.6 Å². The Morgan fingerprint density at radius 3 is 2.73 bits per heavy atom. The van der Waals surface area contributed by atoms with Crippen LogP contribution in [0.15, 0.2) is 23.6 Å². The van der Waals surface area contributed by atoms with Crippen molar-refractivity contribution in [2.45, 2.75) is 25.6 Å². The molecule has 1 aliphatic carbocycles. The molecule has 0 fully saturated rings. The zero-order valence-electron chi connectivity index (χ0n) is 6.77. The van der Waals surface area contributed by atoms with E-state index >= 15 is 0 Å². The van der Waals surface area contributed by atoms with Gasteiger partial charge >= 0.3 is 0 Å². The van der Waals surface area contributed by atoms with Crippen molar-refractivity contribution in [1.82, 2.24) is 0 Å². The molecule has 1 unspecified atom stereocenters. The SMILES string of the molecule is CC(C)C1=CC(Cl)CC=C1F. The third kappa shape index (κ3) is 2.06. The number of hydrogen-bond acceptors (Lipinski definition) is 0. The molecule has 1 rings (SSSR count). The summed E-state index contributed by atoms with van der Waals surface area (Å²) in [5, 5.41) is -0.0214. The first-order valence-corrected chi connectivity index (χ1v) is 4.26. The predicted octanol–water partition coefficient (Wildman–Crippen LogP) is 3.43. The van der Waals surface area contributed by atoms with Crippen molar-refractivity contribution >= 4 is 11.6 Å². The van der Waals surface area contributed by atoms with E-state index < -0.39 is 0 Å². The van der Waals surface area contributed by atoms with Gasteiger partial charge in [-0.3, -0.25) is 0 Å². The summed E-state index contributed by atoms with van der Waals surface area (Å²) in [6.45, 7) is 3.93. The fourth-order valence-corrected chi connectivity index (χ4v) is 1.37. The summed E-state index contributed by atoms with van der Waals surface area (Å²) in [6.07, 6.45) is 3.98. The van der Waals surface area contributed by atoms with Crippen LogP contribution in [0.5, 0.6) is 0 Å². The molecule has 0 amide bonds. The van der Waals surface area contributed by atoms with Crippen molar-refractivity contribution in [3.63, 3.8) is 0 Å². The molecular formula is C9H12ClF. The Morgan fingerprint density at radius 1 is 1.64 bits per heavy atom. The molecular weight excluding hydrogens is 163 g/mol. The molecule has 0 aromatic carbocycles. The van der Waals surface area contributed by atoms with E-state index in [9.17, 15) is 4.39 Å². The van der Waals surface area contributed by atoms with Crippen molar-refractivity contribution < 1.29 is 4.39 Å². The van der Waals surface area contributed by atoms with Crippen molar-refractivity contribution in [3.05, 3.63) is 23.6 Å². The molecule has 0 aliphatic heterocycles. The summed E-state index contributed by atoms with van der Waals surface area (Å²) in [5.74, 6) is 0.129. The third-order valence-electron chi connectivity index (χ3n) is 1.78. The summed E-state index contributed by atoms with van der Waals surface area (Å²) in [5.41, 5.74) is 0.747. The van der Waals surface area contributed by atoms with Crippen molar-refractivity contribution in [2.24, 2.45) is 5.92 Å². The number of halogens is 2. The molecule has 0 aromatic heterocycles. The summed E-state index contributed by atoms with van der Waals surface area (Å²) in [6, 6.07) is 0. The fraction of sp³-hybridized carbons (Fsp3) is 0.556. The van der Waals surface area contributed by atoms with E-state index in [2.05, 4.69) is 0 Å². The highest BCUT2D eigenvalue weighted by molar-refractivity contribution is 6.22. The van der Waals surface area contributed by atoms with Crippen LogP contribution in [0.3, 0.4) is 0 Å². The van der Waals surface area contributed by atoms with Crippen LogP contribution >= 0.6 is 11.6 Å². The maximum Gasteiger partial charge on any atom is 0.122 e. The number of alkyl halides is 1. The van der Waals surface area contributed by atoms with Gasteiger partial charge in [-0.2, -0.15) is 0 Å². The fourth-order valence-electron chi connectivity index (χ4n) is 1.14. The maximum atomic E-state index is 13.0. The minimum atomic E-state index is -0.100.